The van der Waals surface area contributed by atoms with Gasteiger partial charge < -0.3 is 15.3 Å². The number of amides is 1. The number of carbonyl (C=O) groups excluding carboxylic acids is 1. The lowest BCUT2D eigenvalue weighted by Gasteiger charge is -2.34. The quantitative estimate of drug-likeness (QED) is 0.819. The highest BCUT2D eigenvalue weighted by Crippen LogP contribution is 2.30. The highest BCUT2D eigenvalue weighted by molar-refractivity contribution is 5.85. The predicted octanol–water partition coefficient (Wildman–Crippen LogP) is 1.48. The minimum absolute atomic E-state index is 0.0416. The van der Waals surface area contributed by atoms with Gasteiger partial charge in [0.05, 0.1) is 11.8 Å². The van der Waals surface area contributed by atoms with E-state index in [0.717, 1.165) is 45.3 Å². The summed E-state index contributed by atoms with van der Waals surface area (Å²) in [5.74, 6) is -1.68. The monoisotopic (exact) mass is 282 g/mol. The second-order valence-electron chi connectivity index (χ2n) is 6.08. The fraction of sp³-hybridized carbons (Fsp3) is 0.867. The molecule has 1 amide bonds. The number of piperidine rings is 1. The lowest BCUT2D eigenvalue weighted by atomic mass is 9.78. The van der Waals surface area contributed by atoms with Gasteiger partial charge in [0.25, 0.3) is 0 Å². The van der Waals surface area contributed by atoms with Crippen LogP contribution in [0.5, 0.6) is 0 Å². The Morgan fingerprint density at radius 2 is 1.85 bits per heavy atom. The number of carboxylic acid groups (broad SMARTS) is 1. The summed E-state index contributed by atoms with van der Waals surface area (Å²) in [6.07, 6.45) is 5.35. The third-order valence-electron chi connectivity index (χ3n) is 4.72. The summed E-state index contributed by atoms with van der Waals surface area (Å²) in [6, 6.07) is 0.188. The standard InChI is InChI=1S/C15H26N2O3/c1-2-17-9-5-6-11(10-17)16-14(18)12-7-3-4-8-13(12)15(19)20/h11-13H,2-10H2,1H3,(H,16,18)(H,19,20)/t11?,12-,13+/m1/s1. The van der Waals surface area contributed by atoms with Gasteiger partial charge in [-0.3, -0.25) is 9.59 Å². The van der Waals surface area contributed by atoms with E-state index in [1.165, 1.54) is 0 Å². The molecule has 2 N–H and O–H groups in total. The minimum Gasteiger partial charge on any atom is -0.481 e. The summed E-state index contributed by atoms with van der Waals surface area (Å²) in [5.41, 5.74) is 0. The average Bonchev–Trinajstić information content (AvgIpc) is 2.47. The first-order valence-corrected chi connectivity index (χ1v) is 7.87. The van der Waals surface area contributed by atoms with E-state index in [4.69, 9.17) is 0 Å². The number of carboxylic acids is 1. The number of aliphatic carboxylic acids is 1. The molecule has 1 unspecified atom stereocenters. The largest absolute Gasteiger partial charge is 0.481 e. The van der Waals surface area contributed by atoms with Crippen LogP contribution in [0.25, 0.3) is 0 Å². The SMILES string of the molecule is CCN1CCCC(NC(=O)[C@@H]2CCCC[C@@H]2C(=O)O)C1. The van der Waals surface area contributed by atoms with Crippen molar-refractivity contribution in [2.24, 2.45) is 11.8 Å². The van der Waals surface area contributed by atoms with Crippen molar-refractivity contribution >= 4 is 11.9 Å². The maximum atomic E-state index is 12.4. The molecular weight excluding hydrogens is 256 g/mol. The molecule has 5 heteroatoms. The summed E-state index contributed by atoms with van der Waals surface area (Å²) in [7, 11) is 0. The Bertz CT molecular complexity index is 359. The molecular formula is C15H26N2O3. The van der Waals surface area contributed by atoms with E-state index in [1.54, 1.807) is 0 Å². The van der Waals surface area contributed by atoms with Crippen LogP contribution in [-0.2, 0) is 9.59 Å². The predicted molar refractivity (Wildman–Crippen MR) is 76.4 cm³/mol. The van der Waals surface area contributed by atoms with Crippen LogP contribution in [0, 0.1) is 11.8 Å². The maximum Gasteiger partial charge on any atom is 0.307 e. The van der Waals surface area contributed by atoms with Crippen molar-refractivity contribution in [3.63, 3.8) is 0 Å². The van der Waals surface area contributed by atoms with Gasteiger partial charge in [0.1, 0.15) is 0 Å². The number of hydrogen-bond donors (Lipinski definition) is 2. The Hall–Kier alpha value is -1.10. The maximum absolute atomic E-state index is 12.4. The van der Waals surface area contributed by atoms with Gasteiger partial charge in [-0.2, -0.15) is 0 Å². The Morgan fingerprint density at radius 1 is 1.15 bits per heavy atom. The smallest absolute Gasteiger partial charge is 0.307 e. The highest BCUT2D eigenvalue weighted by Gasteiger charge is 2.36. The number of likely N-dealkylation sites (tertiary alicyclic amines) is 1. The van der Waals surface area contributed by atoms with Crippen LogP contribution in [0.4, 0.5) is 0 Å². The second kappa shape index (κ2) is 7.07. The minimum atomic E-state index is -0.816. The fourth-order valence-electron chi connectivity index (χ4n) is 3.51. The van der Waals surface area contributed by atoms with E-state index < -0.39 is 11.9 Å². The number of hydrogen-bond acceptors (Lipinski definition) is 3. The molecule has 0 aromatic carbocycles. The number of nitrogens with one attached hydrogen (secondary N) is 1. The molecule has 1 saturated carbocycles. The van der Waals surface area contributed by atoms with Crippen LogP contribution in [0.15, 0.2) is 0 Å². The molecule has 0 bridgehead atoms. The van der Waals surface area contributed by atoms with E-state index in [-0.39, 0.29) is 17.9 Å². The lowest BCUT2D eigenvalue weighted by molar-refractivity contribution is -0.149. The number of carbonyl (C=O) groups is 2. The number of likely N-dealkylation sites (N-methyl/N-ethyl adjacent to an activating group) is 1. The van der Waals surface area contributed by atoms with Crippen LogP contribution in [0.3, 0.4) is 0 Å². The lowest BCUT2D eigenvalue weighted by Crippen LogP contribution is -2.50. The molecule has 5 nitrogen and oxygen atoms in total. The number of rotatable bonds is 4. The first kappa shape index (κ1) is 15.3. The second-order valence-corrected chi connectivity index (χ2v) is 6.08. The zero-order valence-electron chi connectivity index (χ0n) is 12.3. The van der Waals surface area contributed by atoms with Crippen molar-refractivity contribution in [1.82, 2.24) is 10.2 Å². The van der Waals surface area contributed by atoms with Gasteiger partial charge in [-0.25, -0.2) is 0 Å². The zero-order chi connectivity index (χ0) is 14.5. The zero-order valence-corrected chi connectivity index (χ0v) is 12.3. The Labute approximate surface area is 120 Å². The van der Waals surface area contributed by atoms with Crippen LogP contribution in [0.2, 0.25) is 0 Å². The Balaban J connectivity index is 1.91. The van der Waals surface area contributed by atoms with Crippen molar-refractivity contribution in [2.75, 3.05) is 19.6 Å². The molecule has 20 heavy (non-hydrogen) atoms. The van der Waals surface area contributed by atoms with Crippen LogP contribution < -0.4 is 5.32 Å². The first-order chi connectivity index (χ1) is 9.61. The van der Waals surface area contributed by atoms with Crippen molar-refractivity contribution in [3.8, 4) is 0 Å². The summed E-state index contributed by atoms with van der Waals surface area (Å²) in [4.78, 5) is 26.0. The van der Waals surface area contributed by atoms with Crippen LogP contribution in [0.1, 0.15) is 45.4 Å². The molecule has 0 aromatic heterocycles. The van der Waals surface area contributed by atoms with Gasteiger partial charge in [-0.1, -0.05) is 19.8 Å². The average molecular weight is 282 g/mol. The third-order valence-corrected chi connectivity index (χ3v) is 4.72. The van der Waals surface area contributed by atoms with Crippen LogP contribution >= 0.6 is 0 Å². The van der Waals surface area contributed by atoms with Gasteiger partial charge in [-0.05, 0) is 38.8 Å². The van der Waals surface area contributed by atoms with Crippen molar-refractivity contribution in [2.45, 2.75) is 51.5 Å². The van der Waals surface area contributed by atoms with E-state index in [2.05, 4.69) is 17.1 Å². The number of nitrogens with zero attached hydrogens (tertiary/aromatic N) is 1. The molecule has 0 radical (unpaired) electrons. The topological polar surface area (TPSA) is 69.6 Å². The molecule has 1 aliphatic heterocycles. The normalized spacial score (nSPS) is 31.8. The van der Waals surface area contributed by atoms with E-state index in [1.807, 2.05) is 0 Å². The van der Waals surface area contributed by atoms with Crippen LogP contribution in [-0.4, -0.2) is 47.6 Å². The Morgan fingerprint density at radius 3 is 2.50 bits per heavy atom. The van der Waals surface area contributed by atoms with Gasteiger partial charge in [0, 0.05) is 12.6 Å². The molecule has 2 fully saturated rings. The van der Waals surface area contributed by atoms with Gasteiger partial charge >= 0.3 is 5.97 Å². The fourth-order valence-corrected chi connectivity index (χ4v) is 3.51. The van der Waals surface area contributed by atoms with Gasteiger partial charge in [0.15, 0.2) is 0 Å². The van der Waals surface area contributed by atoms with Gasteiger partial charge in [-0.15, -0.1) is 0 Å². The van der Waals surface area contributed by atoms with E-state index in [9.17, 15) is 14.7 Å². The third kappa shape index (κ3) is 3.72. The summed E-state index contributed by atoms with van der Waals surface area (Å²) >= 11 is 0. The molecule has 3 atom stereocenters. The van der Waals surface area contributed by atoms with Crippen molar-refractivity contribution in [1.29, 1.82) is 0 Å². The molecule has 1 heterocycles. The van der Waals surface area contributed by atoms with Crippen molar-refractivity contribution in [3.05, 3.63) is 0 Å². The van der Waals surface area contributed by atoms with Gasteiger partial charge in [0.2, 0.25) is 5.91 Å². The molecule has 2 rings (SSSR count). The summed E-state index contributed by atoms with van der Waals surface area (Å²) < 4.78 is 0. The highest BCUT2D eigenvalue weighted by atomic mass is 16.4. The molecule has 2 aliphatic rings. The molecule has 1 saturated heterocycles. The van der Waals surface area contributed by atoms with E-state index in [0.29, 0.717) is 12.8 Å². The van der Waals surface area contributed by atoms with Crippen molar-refractivity contribution < 1.29 is 14.7 Å². The summed E-state index contributed by atoms with van der Waals surface area (Å²) in [6.45, 7) is 5.14. The Kier molecular flexibility index (Phi) is 5.40. The summed E-state index contributed by atoms with van der Waals surface area (Å²) in [5, 5.41) is 12.3. The first-order valence-electron chi connectivity index (χ1n) is 7.87. The molecule has 114 valence electrons. The molecule has 0 spiro atoms. The molecule has 1 aliphatic carbocycles. The molecule has 0 aromatic rings. The van der Waals surface area contributed by atoms with E-state index >= 15 is 0 Å².